The maximum absolute atomic E-state index is 12.7. The second-order valence-electron chi connectivity index (χ2n) is 2.68. The van der Waals surface area contributed by atoms with Crippen molar-refractivity contribution in [1.82, 2.24) is 0 Å². The molecule has 0 aliphatic heterocycles. The Morgan fingerprint density at radius 3 is 2.93 bits per heavy atom. The van der Waals surface area contributed by atoms with E-state index in [0.717, 1.165) is 6.07 Å². The predicted octanol–water partition coefficient (Wildman–Crippen LogP) is 2.59. The summed E-state index contributed by atoms with van der Waals surface area (Å²) in [6, 6.07) is 3.86. The monoisotopic (exact) mass is 194 g/mol. The molecule has 0 spiro atoms. The van der Waals surface area contributed by atoms with E-state index in [4.69, 9.17) is 4.74 Å². The second kappa shape index (κ2) is 5.17. The van der Waals surface area contributed by atoms with Gasteiger partial charge in [-0.1, -0.05) is 12.2 Å². The van der Waals surface area contributed by atoms with Crippen molar-refractivity contribution in [2.75, 3.05) is 6.61 Å². The van der Waals surface area contributed by atoms with Crippen LogP contribution in [0, 0.1) is 5.82 Å². The Morgan fingerprint density at radius 2 is 2.29 bits per heavy atom. The molecular formula is C11H11FO2. The van der Waals surface area contributed by atoms with Gasteiger partial charge < -0.3 is 4.74 Å². The maximum Gasteiger partial charge on any atom is 0.153 e. The van der Waals surface area contributed by atoms with Crippen molar-refractivity contribution < 1.29 is 13.9 Å². The molecule has 1 aromatic rings. The van der Waals surface area contributed by atoms with E-state index in [1.807, 2.05) is 13.0 Å². The third-order valence-corrected chi connectivity index (χ3v) is 1.67. The second-order valence-corrected chi connectivity index (χ2v) is 2.68. The van der Waals surface area contributed by atoms with E-state index >= 15 is 0 Å². The topological polar surface area (TPSA) is 26.3 Å². The SMILES string of the molecule is C/C=C/COc1ccc(F)cc1C=O. The van der Waals surface area contributed by atoms with Crippen LogP contribution in [0.5, 0.6) is 5.75 Å². The molecule has 0 aliphatic carbocycles. The van der Waals surface area contributed by atoms with Gasteiger partial charge in [-0.15, -0.1) is 0 Å². The third-order valence-electron chi connectivity index (χ3n) is 1.67. The van der Waals surface area contributed by atoms with E-state index in [0.29, 0.717) is 18.6 Å². The van der Waals surface area contributed by atoms with Gasteiger partial charge in [0.1, 0.15) is 18.2 Å². The summed E-state index contributed by atoms with van der Waals surface area (Å²) in [6.07, 6.45) is 4.22. The van der Waals surface area contributed by atoms with Crippen LogP contribution in [0.2, 0.25) is 0 Å². The van der Waals surface area contributed by atoms with Crippen molar-refractivity contribution in [2.45, 2.75) is 6.92 Å². The highest BCUT2D eigenvalue weighted by Gasteiger charge is 2.03. The normalized spacial score (nSPS) is 10.4. The largest absolute Gasteiger partial charge is 0.489 e. The molecule has 0 bridgehead atoms. The number of carbonyl (C=O) groups excluding carboxylic acids is 1. The summed E-state index contributed by atoms with van der Waals surface area (Å²) in [5.74, 6) is -0.0371. The average molecular weight is 194 g/mol. The molecule has 0 aliphatic rings. The van der Waals surface area contributed by atoms with E-state index < -0.39 is 5.82 Å². The van der Waals surface area contributed by atoms with Gasteiger partial charge in [0.25, 0.3) is 0 Å². The number of aldehydes is 1. The Hall–Kier alpha value is -1.64. The van der Waals surface area contributed by atoms with Crippen molar-refractivity contribution in [3.8, 4) is 5.75 Å². The van der Waals surface area contributed by atoms with Gasteiger partial charge in [-0.25, -0.2) is 4.39 Å². The van der Waals surface area contributed by atoms with Crippen molar-refractivity contribution in [1.29, 1.82) is 0 Å². The van der Waals surface area contributed by atoms with Crippen LogP contribution in [0.3, 0.4) is 0 Å². The number of rotatable bonds is 4. The zero-order valence-electron chi connectivity index (χ0n) is 7.87. The van der Waals surface area contributed by atoms with Crippen LogP contribution < -0.4 is 4.74 Å². The van der Waals surface area contributed by atoms with Crippen LogP contribution in [-0.4, -0.2) is 12.9 Å². The molecule has 1 rings (SSSR count). The summed E-state index contributed by atoms with van der Waals surface area (Å²) in [7, 11) is 0. The summed E-state index contributed by atoms with van der Waals surface area (Å²) in [5.41, 5.74) is 0.231. The van der Waals surface area contributed by atoms with Gasteiger partial charge in [0.2, 0.25) is 0 Å². The number of hydrogen-bond acceptors (Lipinski definition) is 2. The van der Waals surface area contributed by atoms with E-state index in [-0.39, 0.29) is 5.56 Å². The molecule has 0 saturated heterocycles. The van der Waals surface area contributed by atoms with Crippen LogP contribution in [0.25, 0.3) is 0 Å². The zero-order valence-corrected chi connectivity index (χ0v) is 7.87. The Balaban J connectivity index is 2.80. The fourth-order valence-electron chi connectivity index (χ4n) is 0.977. The summed E-state index contributed by atoms with van der Waals surface area (Å²) in [4.78, 5) is 10.5. The molecule has 0 saturated carbocycles. The Labute approximate surface area is 82.0 Å². The molecule has 74 valence electrons. The number of ether oxygens (including phenoxy) is 1. The molecule has 3 heteroatoms. The lowest BCUT2D eigenvalue weighted by Crippen LogP contribution is -1.97. The molecule has 2 nitrogen and oxygen atoms in total. The first-order valence-corrected chi connectivity index (χ1v) is 4.26. The minimum Gasteiger partial charge on any atom is -0.489 e. The van der Waals surface area contributed by atoms with E-state index in [2.05, 4.69) is 0 Å². The lowest BCUT2D eigenvalue weighted by Gasteiger charge is -2.05. The number of hydrogen-bond donors (Lipinski definition) is 0. The maximum atomic E-state index is 12.7. The van der Waals surface area contributed by atoms with Crippen molar-refractivity contribution in [2.24, 2.45) is 0 Å². The van der Waals surface area contributed by atoms with Gasteiger partial charge >= 0.3 is 0 Å². The molecule has 0 amide bonds. The van der Waals surface area contributed by atoms with E-state index in [1.54, 1.807) is 6.08 Å². The fraction of sp³-hybridized carbons (Fsp3) is 0.182. The smallest absolute Gasteiger partial charge is 0.153 e. The van der Waals surface area contributed by atoms with Crippen LogP contribution >= 0.6 is 0 Å². The van der Waals surface area contributed by atoms with Gasteiger partial charge in [-0.2, -0.15) is 0 Å². The van der Waals surface area contributed by atoms with Gasteiger partial charge in [0.05, 0.1) is 5.56 Å². The third kappa shape index (κ3) is 2.69. The number of halogens is 1. The molecule has 14 heavy (non-hydrogen) atoms. The summed E-state index contributed by atoms with van der Waals surface area (Å²) in [6.45, 7) is 2.25. The van der Waals surface area contributed by atoms with Crippen LogP contribution in [0.15, 0.2) is 30.4 Å². The Kier molecular flexibility index (Phi) is 3.85. The van der Waals surface area contributed by atoms with Crippen LogP contribution in [0.4, 0.5) is 4.39 Å². The molecule has 0 aromatic heterocycles. The molecular weight excluding hydrogens is 183 g/mol. The minimum atomic E-state index is -0.439. The average Bonchev–Trinajstić information content (AvgIpc) is 2.20. The number of carbonyl (C=O) groups is 1. The number of allylic oxidation sites excluding steroid dienone is 1. The summed E-state index contributed by atoms with van der Waals surface area (Å²) < 4.78 is 17.9. The summed E-state index contributed by atoms with van der Waals surface area (Å²) >= 11 is 0. The Morgan fingerprint density at radius 1 is 1.50 bits per heavy atom. The molecule has 0 radical (unpaired) electrons. The first-order chi connectivity index (χ1) is 6.77. The van der Waals surface area contributed by atoms with Crippen molar-refractivity contribution >= 4 is 6.29 Å². The standard InChI is InChI=1S/C11H11FO2/c1-2-3-6-14-11-5-4-10(12)7-9(11)8-13/h2-5,7-8H,6H2,1H3/b3-2+. The molecule has 0 atom stereocenters. The molecule has 0 fully saturated rings. The lowest BCUT2D eigenvalue weighted by molar-refractivity contribution is 0.111. The predicted molar refractivity (Wildman–Crippen MR) is 52.1 cm³/mol. The fourth-order valence-corrected chi connectivity index (χ4v) is 0.977. The Bertz CT molecular complexity index is 345. The van der Waals surface area contributed by atoms with Gasteiger partial charge in [0.15, 0.2) is 6.29 Å². The highest BCUT2D eigenvalue weighted by molar-refractivity contribution is 5.79. The zero-order chi connectivity index (χ0) is 10.4. The summed E-state index contributed by atoms with van der Waals surface area (Å²) in [5, 5.41) is 0. The highest BCUT2D eigenvalue weighted by atomic mass is 19.1. The van der Waals surface area contributed by atoms with Gasteiger partial charge in [-0.05, 0) is 25.1 Å². The van der Waals surface area contributed by atoms with E-state index in [1.165, 1.54) is 12.1 Å². The minimum absolute atomic E-state index is 0.231. The first kappa shape index (κ1) is 10.4. The van der Waals surface area contributed by atoms with Gasteiger partial charge in [-0.3, -0.25) is 4.79 Å². The molecule has 0 N–H and O–H groups in total. The number of benzene rings is 1. The quantitative estimate of drug-likeness (QED) is 0.544. The highest BCUT2D eigenvalue weighted by Crippen LogP contribution is 2.17. The van der Waals surface area contributed by atoms with Crippen LogP contribution in [-0.2, 0) is 0 Å². The van der Waals surface area contributed by atoms with Gasteiger partial charge in [0, 0.05) is 0 Å². The molecule has 1 aromatic carbocycles. The molecule has 0 unspecified atom stereocenters. The van der Waals surface area contributed by atoms with Crippen LogP contribution in [0.1, 0.15) is 17.3 Å². The molecule has 0 heterocycles. The first-order valence-electron chi connectivity index (χ1n) is 4.26. The van der Waals surface area contributed by atoms with Crippen molar-refractivity contribution in [3.63, 3.8) is 0 Å². The lowest BCUT2D eigenvalue weighted by atomic mass is 10.2. The van der Waals surface area contributed by atoms with E-state index in [9.17, 15) is 9.18 Å². The van der Waals surface area contributed by atoms with Crippen molar-refractivity contribution in [3.05, 3.63) is 41.7 Å².